The Hall–Kier alpha value is -2.21. The molecule has 0 bridgehead atoms. The second-order valence-corrected chi connectivity index (χ2v) is 4.06. The van der Waals surface area contributed by atoms with E-state index < -0.39 is 0 Å². The maximum absolute atomic E-state index is 5.65. The lowest BCUT2D eigenvalue weighted by molar-refractivity contribution is 0.792. The minimum absolute atomic E-state index is 0.522. The first-order valence-corrected chi connectivity index (χ1v) is 5.89. The fraction of sp³-hybridized carbons (Fsp3) is 0.250. The summed E-state index contributed by atoms with van der Waals surface area (Å²) in [7, 11) is 0. The monoisotopic (exact) mass is 242 g/mol. The van der Waals surface area contributed by atoms with Crippen LogP contribution in [0.2, 0.25) is 0 Å². The minimum atomic E-state index is 0.522. The van der Waals surface area contributed by atoms with Gasteiger partial charge < -0.3 is 10.3 Å². The molecule has 18 heavy (non-hydrogen) atoms. The second kappa shape index (κ2) is 4.23. The van der Waals surface area contributed by atoms with Gasteiger partial charge in [0.05, 0.1) is 17.2 Å². The van der Waals surface area contributed by atoms with Gasteiger partial charge in [-0.25, -0.2) is 4.98 Å². The van der Waals surface area contributed by atoms with Crippen molar-refractivity contribution in [2.75, 3.05) is 0 Å². The molecule has 0 saturated carbocycles. The zero-order valence-electron chi connectivity index (χ0n) is 10.1. The highest BCUT2D eigenvalue weighted by atomic mass is 15.3. The third kappa shape index (κ3) is 1.58. The zero-order valence-corrected chi connectivity index (χ0v) is 10.1. The molecule has 0 aliphatic carbocycles. The molecule has 2 heterocycles. The molecular weight excluding hydrogens is 228 g/mol. The van der Waals surface area contributed by atoms with Gasteiger partial charge in [0.2, 0.25) is 0 Å². The first-order chi connectivity index (χ1) is 8.83. The van der Waals surface area contributed by atoms with E-state index in [9.17, 15) is 0 Å². The number of rotatable bonds is 3. The molecule has 6 nitrogen and oxygen atoms in total. The van der Waals surface area contributed by atoms with E-state index in [2.05, 4.69) is 38.0 Å². The van der Waals surface area contributed by atoms with Crippen molar-refractivity contribution in [1.82, 2.24) is 25.0 Å². The Morgan fingerprint density at radius 2 is 2.28 bits per heavy atom. The third-order valence-corrected chi connectivity index (χ3v) is 3.01. The van der Waals surface area contributed by atoms with E-state index >= 15 is 0 Å². The van der Waals surface area contributed by atoms with Gasteiger partial charge in [-0.15, -0.1) is 0 Å². The Balaban J connectivity index is 2.26. The molecule has 0 aliphatic rings. The largest absolute Gasteiger partial charge is 0.326 e. The van der Waals surface area contributed by atoms with Crippen LogP contribution in [0.4, 0.5) is 0 Å². The molecule has 0 unspecified atom stereocenters. The number of benzene rings is 1. The number of nitrogens with two attached hydrogens (primary N) is 1. The van der Waals surface area contributed by atoms with Crippen LogP contribution in [-0.4, -0.2) is 25.0 Å². The van der Waals surface area contributed by atoms with Crippen molar-refractivity contribution in [2.45, 2.75) is 20.0 Å². The van der Waals surface area contributed by atoms with Crippen LogP contribution in [0, 0.1) is 0 Å². The number of H-pyrrole nitrogens is 1. The number of aromatic amines is 1. The Bertz CT molecular complexity index is 667. The number of fused-ring (bicyclic) bond motifs is 1. The third-order valence-electron chi connectivity index (χ3n) is 3.01. The smallest absolute Gasteiger partial charge is 0.163 e. The summed E-state index contributed by atoms with van der Waals surface area (Å²) in [6, 6.07) is 6.10. The molecule has 0 spiro atoms. The van der Waals surface area contributed by atoms with Crippen LogP contribution in [-0.2, 0) is 13.1 Å². The van der Waals surface area contributed by atoms with Crippen LogP contribution < -0.4 is 5.73 Å². The van der Waals surface area contributed by atoms with Gasteiger partial charge in [-0.05, 0) is 24.6 Å². The first kappa shape index (κ1) is 10.9. The summed E-state index contributed by atoms with van der Waals surface area (Å²) in [6.07, 6.45) is 1.68. The molecule has 0 fully saturated rings. The van der Waals surface area contributed by atoms with Crippen LogP contribution in [0.5, 0.6) is 0 Å². The summed E-state index contributed by atoms with van der Waals surface area (Å²) < 4.78 is 2.12. The molecule has 2 aromatic heterocycles. The fourth-order valence-electron chi connectivity index (χ4n) is 2.13. The van der Waals surface area contributed by atoms with Crippen molar-refractivity contribution in [2.24, 2.45) is 5.73 Å². The standard InChI is InChI=1S/C12H14N6/c1-2-18-11-4-3-8(6-13)5-9(11)15-12(18)10-7-14-17-16-10/h3-5,7H,2,6,13H2,1H3,(H,14,16,17). The predicted molar refractivity (Wildman–Crippen MR) is 68.7 cm³/mol. The number of hydrogen-bond acceptors (Lipinski definition) is 4. The predicted octanol–water partition coefficient (Wildman–Crippen LogP) is 1.30. The van der Waals surface area contributed by atoms with Crippen molar-refractivity contribution >= 4 is 11.0 Å². The fourth-order valence-corrected chi connectivity index (χ4v) is 2.13. The van der Waals surface area contributed by atoms with E-state index in [0.717, 1.165) is 34.7 Å². The topological polar surface area (TPSA) is 85.4 Å². The second-order valence-electron chi connectivity index (χ2n) is 4.06. The minimum Gasteiger partial charge on any atom is -0.326 e. The van der Waals surface area contributed by atoms with Gasteiger partial charge in [0.1, 0.15) is 5.69 Å². The number of hydrogen-bond donors (Lipinski definition) is 2. The normalized spacial score (nSPS) is 11.2. The molecule has 0 saturated heterocycles. The highest BCUT2D eigenvalue weighted by Gasteiger charge is 2.13. The molecule has 3 N–H and O–H groups in total. The van der Waals surface area contributed by atoms with Crippen molar-refractivity contribution in [1.29, 1.82) is 0 Å². The molecule has 0 aliphatic heterocycles. The SMILES string of the molecule is CCn1c(-c2cn[nH]n2)nc2cc(CN)ccc21. The maximum atomic E-state index is 5.65. The number of nitrogens with zero attached hydrogens (tertiary/aromatic N) is 4. The molecule has 92 valence electrons. The van der Waals surface area contributed by atoms with Gasteiger partial charge in [0.15, 0.2) is 5.82 Å². The number of aromatic nitrogens is 5. The summed E-state index contributed by atoms with van der Waals surface area (Å²) >= 11 is 0. The molecule has 0 atom stereocenters. The number of nitrogens with one attached hydrogen (secondary N) is 1. The molecule has 0 amide bonds. The summed E-state index contributed by atoms with van der Waals surface area (Å²) in [6.45, 7) is 3.44. The molecule has 1 aromatic carbocycles. The van der Waals surface area contributed by atoms with Crippen molar-refractivity contribution < 1.29 is 0 Å². The van der Waals surface area contributed by atoms with Crippen LogP contribution in [0.25, 0.3) is 22.6 Å². The lowest BCUT2D eigenvalue weighted by atomic mass is 10.2. The summed E-state index contributed by atoms with van der Waals surface area (Å²) in [5.41, 5.74) is 9.51. The lowest BCUT2D eigenvalue weighted by Gasteiger charge is -2.03. The average molecular weight is 242 g/mol. The van der Waals surface area contributed by atoms with Gasteiger partial charge in [-0.3, -0.25) is 0 Å². The van der Waals surface area contributed by atoms with Gasteiger partial charge >= 0.3 is 0 Å². The maximum Gasteiger partial charge on any atom is 0.163 e. The summed E-state index contributed by atoms with van der Waals surface area (Å²) in [5, 5.41) is 10.5. The number of aryl methyl sites for hydroxylation is 1. The van der Waals surface area contributed by atoms with Gasteiger partial charge in [0.25, 0.3) is 0 Å². The molecule has 3 aromatic rings. The van der Waals surface area contributed by atoms with Gasteiger partial charge in [-0.1, -0.05) is 6.07 Å². The van der Waals surface area contributed by atoms with Crippen LogP contribution in [0.1, 0.15) is 12.5 Å². The van der Waals surface area contributed by atoms with E-state index in [1.165, 1.54) is 0 Å². The van der Waals surface area contributed by atoms with Crippen molar-refractivity contribution in [3.8, 4) is 11.5 Å². The van der Waals surface area contributed by atoms with Crippen LogP contribution in [0.15, 0.2) is 24.4 Å². The summed E-state index contributed by atoms with van der Waals surface area (Å²) in [5.74, 6) is 0.829. The molecule has 3 rings (SSSR count). The lowest BCUT2D eigenvalue weighted by Crippen LogP contribution is -1.98. The Morgan fingerprint density at radius 3 is 2.94 bits per heavy atom. The van der Waals surface area contributed by atoms with Crippen LogP contribution >= 0.6 is 0 Å². The number of imidazole rings is 1. The average Bonchev–Trinajstić information content (AvgIpc) is 3.04. The van der Waals surface area contributed by atoms with E-state index in [-0.39, 0.29) is 0 Å². The Morgan fingerprint density at radius 1 is 1.39 bits per heavy atom. The molecular formula is C12H14N6. The van der Waals surface area contributed by atoms with Gasteiger partial charge in [0, 0.05) is 13.1 Å². The molecule has 0 radical (unpaired) electrons. The van der Waals surface area contributed by atoms with Crippen LogP contribution in [0.3, 0.4) is 0 Å². The quantitative estimate of drug-likeness (QED) is 0.725. The first-order valence-electron chi connectivity index (χ1n) is 5.89. The Labute approximate surface area is 104 Å². The van der Waals surface area contributed by atoms with Gasteiger partial charge in [-0.2, -0.15) is 15.4 Å². The van der Waals surface area contributed by atoms with E-state index in [4.69, 9.17) is 5.73 Å². The van der Waals surface area contributed by atoms with E-state index in [1.807, 2.05) is 12.1 Å². The zero-order chi connectivity index (χ0) is 12.5. The Kier molecular flexibility index (Phi) is 2.56. The van der Waals surface area contributed by atoms with E-state index in [1.54, 1.807) is 6.20 Å². The van der Waals surface area contributed by atoms with E-state index in [0.29, 0.717) is 6.54 Å². The molecule has 6 heteroatoms. The highest BCUT2D eigenvalue weighted by molar-refractivity contribution is 5.80. The van der Waals surface area contributed by atoms with Crippen molar-refractivity contribution in [3.05, 3.63) is 30.0 Å². The van der Waals surface area contributed by atoms with Crippen molar-refractivity contribution in [3.63, 3.8) is 0 Å². The summed E-state index contributed by atoms with van der Waals surface area (Å²) in [4.78, 5) is 4.62. The highest BCUT2D eigenvalue weighted by Crippen LogP contribution is 2.23.